The normalized spacial score (nSPS) is 18.4. The molecule has 1 aliphatic rings. The average Bonchev–Trinajstić information content (AvgIpc) is 3.23. The van der Waals surface area contributed by atoms with Crippen molar-refractivity contribution in [2.24, 2.45) is 0 Å². The summed E-state index contributed by atoms with van der Waals surface area (Å²) < 4.78 is 7.21. The van der Waals surface area contributed by atoms with Crippen molar-refractivity contribution in [3.8, 4) is 0 Å². The minimum Gasteiger partial charge on any atom is -0.339 e. The Bertz CT molecular complexity index is 740. The van der Waals surface area contributed by atoms with Crippen molar-refractivity contribution in [2.45, 2.75) is 58.9 Å². The number of carbonyl (C=O) groups excluding carboxylic acids is 1. The van der Waals surface area contributed by atoms with Crippen LogP contribution in [0.5, 0.6) is 0 Å². The third kappa shape index (κ3) is 2.95. The Morgan fingerprint density at radius 3 is 2.75 bits per heavy atom. The highest BCUT2D eigenvalue weighted by atomic mass is 16.5. The van der Waals surface area contributed by atoms with E-state index in [4.69, 9.17) is 4.52 Å². The first kappa shape index (κ1) is 16.7. The number of aromatic nitrogens is 4. The maximum Gasteiger partial charge on any atom is 0.257 e. The molecule has 1 fully saturated rings. The highest BCUT2D eigenvalue weighted by Gasteiger charge is 2.33. The van der Waals surface area contributed by atoms with Crippen LogP contribution in [0, 0.1) is 6.92 Å². The van der Waals surface area contributed by atoms with Crippen LogP contribution in [-0.2, 0) is 12.0 Å². The van der Waals surface area contributed by atoms with Gasteiger partial charge in [-0.1, -0.05) is 12.1 Å². The van der Waals surface area contributed by atoms with Crippen LogP contribution in [0.15, 0.2) is 10.7 Å². The fourth-order valence-corrected chi connectivity index (χ4v) is 3.27. The first-order valence-corrected chi connectivity index (χ1v) is 8.48. The van der Waals surface area contributed by atoms with Gasteiger partial charge in [0.15, 0.2) is 5.82 Å². The summed E-state index contributed by atoms with van der Waals surface area (Å²) in [7, 11) is 0. The molecule has 0 N–H and O–H groups in total. The van der Waals surface area contributed by atoms with E-state index < -0.39 is 0 Å². The van der Waals surface area contributed by atoms with Gasteiger partial charge in [0.05, 0.1) is 28.9 Å². The van der Waals surface area contributed by atoms with Gasteiger partial charge in [-0.15, -0.1) is 0 Å². The second kappa shape index (κ2) is 6.03. The number of hydrogen-bond acceptors (Lipinski definition) is 5. The first-order chi connectivity index (χ1) is 11.3. The SMILES string of the molecule is CCc1c(C(=O)N2CC[C@@H](c3nc(C)no3)C2)cnn1C(C)(C)C. The van der Waals surface area contributed by atoms with Crippen molar-refractivity contribution < 1.29 is 9.32 Å². The van der Waals surface area contributed by atoms with E-state index in [2.05, 4.69) is 42.9 Å². The summed E-state index contributed by atoms with van der Waals surface area (Å²) in [5.74, 6) is 1.43. The number of carbonyl (C=O) groups is 1. The number of hydrogen-bond donors (Lipinski definition) is 0. The minimum absolute atomic E-state index is 0.0427. The summed E-state index contributed by atoms with van der Waals surface area (Å²) in [5.41, 5.74) is 1.55. The van der Waals surface area contributed by atoms with Gasteiger partial charge in [0.2, 0.25) is 5.89 Å². The molecule has 0 aliphatic carbocycles. The zero-order valence-electron chi connectivity index (χ0n) is 15.0. The molecule has 0 radical (unpaired) electrons. The molecule has 0 bridgehead atoms. The van der Waals surface area contributed by atoms with Gasteiger partial charge in [-0.2, -0.15) is 10.1 Å². The van der Waals surface area contributed by atoms with Crippen molar-refractivity contribution >= 4 is 5.91 Å². The van der Waals surface area contributed by atoms with Gasteiger partial charge >= 0.3 is 0 Å². The predicted octanol–water partition coefficient (Wildman–Crippen LogP) is 2.52. The summed E-state index contributed by atoms with van der Waals surface area (Å²) in [6.07, 6.45) is 3.33. The molecule has 1 saturated heterocycles. The third-order valence-electron chi connectivity index (χ3n) is 4.44. The number of rotatable bonds is 3. The van der Waals surface area contributed by atoms with E-state index in [0.29, 0.717) is 30.4 Å². The Kier molecular flexibility index (Phi) is 4.19. The molecule has 24 heavy (non-hydrogen) atoms. The van der Waals surface area contributed by atoms with Gasteiger partial charge in [-0.3, -0.25) is 9.48 Å². The molecule has 3 heterocycles. The quantitative estimate of drug-likeness (QED) is 0.863. The molecule has 1 amide bonds. The maximum absolute atomic E-state index is 13.0. The summed E-state index contributed by atoms with van der Waals surface area (Å²) in [6.45, 7) is 11.5. The van der Waals surface area contributed by atoms with Crippen molar-refractivity contribution in [2.75, 3.05) is 13.1 Å². The first-order valence-electron chi connectivity index (χ1n) is 8.48. The molecule has 7 nitrogen and oxygen atoms in total. The van der Waals surface area contributed by atoms with Crippen LogP contribution in [0.2, 0.25) is 0 Å². The lowest BCUT2D eigenvalue weighted by atomic mass is 10.1. The zero-order valence-corrected chi connectivity index (χ0v) is 15.0. The standard InChI is InChI=1S/C17H25N5O2/c1-6-14-13(9-18-22(14)17(3,4)5)16(23)21-8-7-12(10-21)15-19-11(2)20-24-15/h9,12H,6-8,10H2,1-5H3/t12-/m1/s1. The molecular formula is C17H25N5O2. The largest absolute Gasteiger partial charge is 0.339 e. The van der Waals surface area contributed by atoms with Crippen LogP contribution in [-0.4, -0.2) is 43.8 Å². The van der Waals surface area contributed by atoms with Crippen molar-refractivity contribution in [1.82, 2.24) is 24.8 Å². The maximum atomic E-state index is 13.0. The van der Waals surface area contributed by atoms with Crippen LogP contribution < -0.4 is 0 Å². The predicted molar refractivity (Wildman–Crippen MR) is 88.9 cm³/mol. The Balaban J connectivity index is 1.79. The molecule has 130 valence electrons. The molecule has 7 heteroatoms. The molecular weight excluding hydrogens is 306 g/mol. The molecule has 1 atom stereocenters. The van der Waals surface area contributed by atoms with Gasteiger partial charge in [0.1, 0.15) is 0 Å². The Labute approximate surface area is 142 Å². The highest BCUT2D eigenvalue weighted by molar-refractivity contribution is 5.95. The van der Waals surface area contributed by atoms with E-state index >= 15 is 0 Å². The molecule has 3 rings (SSSR count). The number of aryl methyl sites for hydroxylation is 1. The van der Waals surface area contributed by atoms with Crippen molar-refractivity contribution in [3.05, 3.63) is 29.2 Å². The Hall–Kier alpha value is -2.18. The van der Waals surface area contributed by atoms with Gasteiger partial charge in [0, 0.05) is 13.1 Å². The van der Waals surface area contributed by atoms with Crippen molar-refractivity contribution in [1.29, 1.82) is 0 Å². The number of nitrogens with zero attached hydrogens (tertiary/aromatic N) is 5. The molecule has 2 aromatic rings. The minimum atomic E-state index is -0.140. The van der Waals surface area contributed by atoms with Crippen LogP contribution in [0.25, 0.3) is 0 Å². The fraction of sp³-hybridized carbons (Fsp3) is 0.647. The van der Waals surface area contributed by atoms with Gasteiger partial charge in [0.25, 0.3) is 5.91 Å². The molecule has 0 spiro atoms. The van der Waals surface area contributed by atoms with E-state index in [0.717, 1.165) is 18.5 Å². The average molecular weight is 331 g/mol. The van der Waals surface area contributed by atoms with Crippen molar-refractivity contribution in [3.63, 3.8) is 0 Å². The molecule has 0 unspecified atom stereocenters. The highest BCUT2D eigenvalue weighted by Crippen LogP contribution is 2.28. The summed E-state index contributed by atoms with van der Waals surface area (Å²) >= 11 is 0. The summed E-state index contributed by atoms with van der Waals surface area (Å²) in [6, 6.07) is 0. The van der Waals surface area contributed by atoms with Crippen LogP contribution in [0.4, 0.5) is 0 Å². The van der Waals surface area contributed by atoms with E-state index in [9.17, 15) is 4.79 Å². The lowest BCUT2D eigenvalue weighted by Gasteiger charge is -2.23. The second-order valence-electron chi connectivity index (χ2n) is 7.36. The lowest BCUT2D eigenvalue weighted by Crippen LogP contribution is -2.30. The van der Waals surface area contributed by atoms with E-state index in [1.807, 2.05) is 9.58 Å². The molecule has 0 saturated carbocycles. The van der Waals surface area contributed by atoms with E-state index in [1.165, 1.54) is 0 Å². The van der Waals surface area contributed by atoms with Crippen LogP contribution >= 0.6 is 0 Å². The van der Waals surface area contributed by atoms with Gasteiger partial charge in [-0.25, -0.2) is 0 Å². The Morgan fingerprint density at radius 2 is 2.17 bits per heavy atom. The fourth-order valence-electron chi connectivity index (χ4n) is 3.27. The number of likely N-dealkylation sites (tertiary alicyclic amines) is 1. The van der Waals surface area contributed by atoms with Crippen LogP contribution in [0.3, 0.4) is 0 Å². The second-order valence-corrected chi connectivity index (χ2v) is 7.36. The topological polar surface area (TPSA) is 77.1 Å². The third-order valence-corrected chi connectivity index (χ3v) is 4.44. The van der Waals surface area contributed by atoms with Gasteiger partial charge in [-0.05, 0) is 40.5 Å². The molecule has 1 aliphatic heterocycles. The molecule has 2 aromatic heterocycles. The lowest BCUT2D eigenvalue weighted by molar-refractivity contribution is 0.0788. The smallest absolute Gasteiger partial charge is 0.257 e. The Morgan fingerprint density at radius 1 is 1.42 bits per heavy atom. The zero-order chi connectivity index (χ0) is 17.5. The van der Waals surface area contributed by atoms with E-state index in [1.54, 1.807) is 13.1 Å². The summed E-state index contributed by atoms with van der Waals surface area (Å²) in [5, 5.41) is 8.30. The number of amides is 1. The summed E-state index contributed by atoms with van der Waals surface area (Å²) in [4.78, 5) is 19.1. The van der Waals surface area contributed by atoms with Gasteiger partial charge < -0.3 is 9.42 Å². The monoisotopic (exact) mass is 331 g/mol. The molecule has 0 aromatic carbocycles. The van der Waals surface area contributed by atoms with Crippen LogP contribution in [0.1, 0.15) is 67.8 Å². The van der Waals surface area contributed by atoms with E-state index in [-0.39, 0.29) is 17.4 Å².